The highest BCUT2D eigenvalue weighted by atomic mass is 16.4. The van der Waals surface area contributed by atoms with Crippen molar-refractivity contribution < 1.29 is 14.3 Å². The normalized spacial score (nSPS) is 10.7. The van der Waals surface area contributed by atoms with Crippen LogP contribution >= 0.6 is 0 Å². The van der Waals surface area contributed by atoms with Crippen LogP contribution in [-0.4, -0.2) is 5.97 Å². The number of carboxylic acid groups (broad SMARTS) is 1. The average molecular weight is 279 g/mol. The zero-order valence-corrected chi connectivity index (χ0v) is 11.3. The number of aromatic carboxylic acids is 1. The van der Waals surface area contributed by atoms with Gasteiger partial charge in [0.1, 0.15) is 11.3 Å². The molecule has 4 nitrogen and oxygen atoms in total. The van der Waals surface area contributed by atoms with Crippen LogP contribution in [0, 0.1) is 6.92 Å². The fourth-order valence-electron chi connectivity index (χ4n) is 2.18. The van der Waals surface area contributed by atoms with Crippen LogP contribution in [0.15, 0.2) is 57.7 Å². The second kappa shape index (κ2) is 4.90. The van der Waals surface area contributed by atoms with Gasteiger partial charge in [-0.05, 0) is 24.6 Å². The maximum atomic E-state index is 12.1. The summed E-state index contributed by atoms with van der Waals surface area (Å²) in [7, 11) is 0. The van der Waals surface area contributed by atoms with Gasteiger partial charge < -0.3 is 14.3 Å². The molecule has 104 valence electrons. The summed E-state index contributed by atoms with van der Waals surface area (Å²) in [5.74, 6) is -0.835. The van der Waals surface area contributed by atoms with Crippen molar-refractivity contribution in [1.82, 2.24) is 0 Å². The van der Waals surface area contributed by atoms with Gasteiger partial charge in [0.25, 0.3) is 0 Å². The van der Waals surface area contributed by atoms with Crippen LogP contribution in [0.5, 0.6) is 0 Å². The molecule has 0 N–H and O–H groups in total. The molecular weight excluding hydrogens is 268 g/mol. The third kappa shape index (κ3) is 2.43. The summed E-state index contributed by atoms with van der Waals surface area (Å²) >= 11 is 0. The lowest BCUT2D eigenvalue weighted by atomic mass is 10.1. The van der Waals surface area contributed by atoms with E-state index in [1.165, 1.54) is 18.2 Å². The Morgan fingerprint density at radius 2 is 1.76 bits per heavy atom. The Morgan fingerprint density at radius 1 is 1.05 bits per heavy atom. The molecule has 3 aromatic rings. The van der Waals surface area contributed by atoms with Crippen LogP contribution in [0.3, 0.4) is 0 Å². The van der Waals surface area contributed by atoms with Gasteiger partial charge in [-0.1, -0.05) is 35.9 Å². The molecule has 3 rings (SSSR count). The van der Waals surface area contributed by atoms with E-state index >= 15 is 0 Å². The first-order chi connectivity index (χ1) is 10.0. The summed E-state index contributed by atoms with van der Waals surface area (Å²) in [6, 6.07) is 12.8. The first-order valence-electron chi connectivity index (χ1n) is 6.41. The van der Waals surface area contributed by atoms with E-state index in [1.54, 1.807) is 24.3 Å². The van der Waals surface area contributed by atoms with Crippen molar-refractivity contribution in [3.05, 3.63) is 69.9 Å². The number of carbonyl (C=O) groups is 1. The van der Waals surface area contributed by atoms with Crippen LogP contribution in [0.2, 0.25) is 0 Å². The molecule has 1 heterocycles. The molecule has 0 aliphatic rings. The average Bonchev–Trinajstić information content (AvgIpc) is 2.48. The largest absolute Gasteiger partial charge is 0.545 e. The Hall–Kier alpha value is -2.88. The van der Waals surface area contributed by atoms with E-state index in [2.05, 4.69) is 0 Å². The highest BCUT2D eigenvalue weighted by Gasteiger charge is 2.07. The molecule has 0 spiro atoms. The second-order valence-electron chi connectivity index (χ2n) is 4.84. The molecule has 21 heavy (non-hydrogen) atoms. The minimum absolute atomic E-state index is 0.0810. The molecule has 0 saturated heterocycles. The molecule has 0 atom stereocenters. The summed E-state index contributed by atoms with van der Waals surface area (Å²) in [5, 5.41) is 11.3. The standard InChI is InChI=1S/C17H12O4/c1-10-2-7-15-13(8-10)14(18)9-16(21-15)11-3-5-12(6-4-11)17(19)20/h2-9H,1H3,(H,19,20)/p-1. The first-order valence-corrected chi connectivity index (χ1v) is 6.41. The zero-order chi connectivity index (χ0) is 15.0. The molecule has 4 heteroatoms. The Bertz CT molecular complexity index is 889. The molecule has 0 amide bonds. The van der Waals surface area contributed by atoms with Crippen molar-refractivity contribution in [2.75, 3.05) is 0 Å². The summed E-state index contributed by atoms with van der Waals surface area (Å²) in [4.78, 5) is 22.9. The maximum absolute atomic E-state index is 12.1. The van der Waals surface area contributed by atoms with Gasteiger partial charge in [-0.3, -0.25) is 4.79 Å². The summed E-state index contributed by atoms with van der Waals surface area (Å²) in [6.45, 7) is 1.91. The monoisotopic (exact) mass is 279 g/mol. The van der Waals surface area contributed by atoms with E-state index < -0.39 is 5.97 Å². The van der Waals surface area contributed by atoms with Crippen molar-refractivity contribution in [2.24, 2.45) is 0 Å². The lowest BCUT2D eigenvalue weighted by Gasteiger charge is -2.06. The highest BCUT2D eigenvalue weighted by Crippen LogP contribution is 2.23. The fraction of sp³-hybridized carbons (Fsp3) is 0.0588. The van der Waals surface area contributed by atoms with Crippen molar-refractivity contribution in [3.63, 3.8) is 0 Å². The molecular formula is C17H11O4-. The molecule has 0 unspecified atom stereocenters. The minimum atomic E-state index is -1.24. The van der Waals surface area contributed by atoms with Crippen molar-refractivity contribution in [2.45, 2.75) is 6.92 Å². The van der Waals surface area contributed by atoms with Crippen molar-refractivity contribution in [3.8, 4) is 11.3 Å². The van der Waals surface area contributed by atoms with E-state index in [9.17, 15) is 14.7 Å². The fourth-order valence-corrected chi connectivity index (χ4v) is 2.18. The van der Waals surface area contributed by atoms with Gasteiger partial charge in [0.05, 0.1) is 11.4 Å². The van der Waals surface area contributed by atoms with E-state index in [1.807, 2.05) is 13.0 Å². The van der Waals surface area contributed by atoms with Gasteiger partial charge in [-0.15, -0.1) is 0 Å². The topological polar surface area (TPSA) is 70.3 Å². The van der Waals surface area contributed by atoms with Crippen molar-refractivity contribution >= 4 is 16.9 Å². The Balaban J connectivity index is 2.14. The highest BCUT2D eigenvalue weighted by molar-refractivity contribution is 5.86. The van der Waals surface area contributed by atoms with Gasteiger partial charge in [-0.25, -0.2) is 0 Å². The predicted molar refractivity (Wildman–Crippen MR) is 77.0 cm³/mol. The van der Waals surface area contributed by atoms with E-state index in [4.69, 9.17) is 4.42 Å². The van der Waals surface area contributed by atoms with Gasteiger partial charge in [0.2, 0.25) is 0 Å². The number of hydrogen-bond donors (Lipinski definition) is 0. The quantitative estimate of drug-likeness (QED) is 0.720. The lowest BCUT2D eigenvalue weighted by molar-refractivity contribution is -0.255. The number of aryl methyl sites for hydroxylation is 1. The van der Waals surface area contributed by atoms with Gasteiger partial charge in [0.15, 0.2) is 5.43 Å². The maximum Gasteiger partial charge on any atom is 0.193 e. The van der Waals surface area contributed by atoms with Crippen LogP contribution in [-0.2, 0) is 0 Å². The Labute approximate surface area is 120 Å². The van der Waals surface area contributed by atoms with E-state index in [-0.39, 0.29) is 11.0 Å². The Kier molecular flexibility index (Phi) is 3.06. The molecule has 0 radical (unpaired) electrons. The Morgan fingerprint density at radius 3 is 2.43 bits per heavy atom. The van der Waals surface area contributed by atoms with Crippen LogP contribution in [0.4, 0.5) is 0 Å². The summed E-state index contributed by atoms with van der Waals surface area (Å²) < 4.78 is 5.72. The van der Waals surface area contributed by atoms with Crippen molar-refractivity contribution in [1.29, 1.82) is 0 Å². The number of benzene rings is 2. The van der Waals surface area contributed by atoms with Crippen LogP contribution in [0.1, 0.15) is 15.9 Å². The SMILES string of the molecule is Cc1ccc2oc(-c3ccc(C(=O)[O-])cc3)cc(=O)c2c1. The minimum Gasteiger partial charge on any atom is -0.545 e. The third-order valence-electron chi connectivity index (χ3n) is 3.29. The van der Waals surface area contributed by atoms with Gasteiger partial charge >= 0.3 is 0 Å². The predicted octanol–water partition coefficient (Wildman–Crippen LogP) is 2.13. The lowest BCUT2D eigenvalue weighted by Crippen LogP contribution is -2.21. The molecule has 0 saturated carbocycles. The molecule has 0 bridgehead atoms. The zero-order valence-electron chi connectivity index (χ0n) is 11.3. The number of carboxylic acids is 1. The molecule has 1 aromatic heterocycles. The number of carbonyl (C=O) groups excluding carboxylic acids is 1. The number of fused-ring (bicyclic) bond motifs is 1. The second-order valence-corrected chi connectivity index (χ2v) is 4.84. The van der Waals surface area contributed by atoms with Crippen LogP contribution in [0.25, 0.3) is 22.3 Å². The van der Waals surface area contributed by atoms with Gasteiger partial charge in [0, 0.05) is 11.6 Å². The number of rotatable bonds is 2. The van der Waals surface area contributed by atoms with Gasteiger partial charge in [-0.2, -0.15) is 0 Å². The summed E-state index contributed by atoms with van der Waals surface area (Å²) in [6.07, 6.45) is 0. The smallest absolute Gasteiger partial charge is 0.193 e. The molecule has 0 aliphatic heterocycles. The first kappa shape index (κ1) is 13.1. The van der Waals surface area contributed by atoms with Crippen LogP contribution < -0.4 is 10.5 Å². The summed E-state index contributed by atoms with van der Waals surface area (Å²) in [5.41, 5.74) is 2.09. The molecule has 2 aromatic carbocycles. The number of hydrogen-bond acceptors (Lipinski definition) is 4. The molecule has 0 aliphatic carbocycles. The third-order valence-corrected chi connectivity index (χ3v) is 3.29. The van der Waals surface area contributed by atoms with E-state index in [0.717, 1.165) is 5.56 Å². The van der Waals surface area contributed by atoms with E-state index in [0.29, 0.717) is 22.3 Å². The molecule has 0 fully saturated rings.